The first-order valence-corrected chi connectivity index (χ1v) is 12.1. The van der Waals surface area contributed by atoms with Gasteiger partial charge in [-0.1, -0.05) is 30.0 Å². The van der Waals surface area contributed by atoms with Gasteiger partial charge in [0.05, 0.1) is 35.3 Å². The number of aromatic nitrogens is 3. The Kier molecular flexibility index (Phi) is 6.01. The topological polar surface area (TPSA) is 85.8 Å². The smallest absolute Gasteiger partial charge is 0.253 e. The van der Waals surface area contributed by atoms with Crippen LogP contribution >= 0.6 is 23.1 Å². The molecule has 10 heteroatoms. The molecule has 0 spiro atoms. The second-order valence-electron chi connectivity index (χ2n) is 7.35. The first-order chi connectivity index (χ1) is 16.2. The van der Waals surface area contributed by atoms with E-state index in [4.69, 9.17) is 9.15 Å². The number of methoxy groups -OCH3 is 1. The molecular formula is C23H21N5O3S2. The molecule has 0 saturated carbocycles. The number of para-hydroxylation sites is 1. The van der Waals surface area contributed by atoms with E-state index in [1.54, 1.807) is 29.7 Å². The Morgan fingerprint density at radius 1 is 1.21 bits per heavy atom. The number of thioether (sulfide) groups is 1. The summed E-state index contributed by atoms with van der Waals surface area (Å²) in [7, 11) is 3.50. The summed E-state index contributed by atoms with van der Waals surface area (Å²) in [5, 5.41) is 17.4. The number of carbonyl (C=O) groups is 1. The zero-order valence-electron chi connectivity index (χ0n) is 18.0. The standard InChI is InChI=1S/C23H21N5O3S2/c1-27-22(15-7-3-4-8-18(15)30-2)24-25-23(27)33-14-21(29)28-17(19-9-5-11-31-19)13-16(26-28)20-10-6-12-32-20/h3-12,17H,13-14H2,1-2H3. The minimum atomic E-state index is -0.256. The lowest BCUT2D eigenvalue weighted by molar-refractivity contribution is -0.130. The predicted molar refractivity (Wildman–Crippen MR) is 127 cm³/mol. The zero-order chi connectivity index (χ0) is 22.8. The highest BCUT2D eigenvalue weighted by Gasteiger charge is 2.35. The molecule has 5 rings (SSSR count). The minimum Gasteiger partial charge on any atom is -0.496 e. The summed E-state index contributed by atoms with van der Waals surface area (Å²) in [6.07, 6.45) is 2.24. The Labute approximate surface area is 198 Å². The van der Waals surface area contributed by atoms with Crippen molar-refractivity contribution in [1.82, 2.24) is 19.8 Å². The zero-order valence-corrected chi connectivity index (χ0v) is 19.7. The average molecular weight is 480 g/mol. The van der Waals surface area contributed by atoms with Crippen LogP contribution in [0.3, 0.4) is 0 Å². The fourth-order valence-electron chi connectivity index (χ4n) is 3.73. The van der Waals surface area contributed by atoms with Gasteiger partial charge >= 0.3 is 0 Å². The van der Waals surface area contributed by atoms with E-state index >= 15 is 0 Å². The SMILES string of the molecule is COc1ccccc1-c1nnc(SCC(=O)N2N=C(c3cccs3)CC2c2ccco2)n1C. The lowest BCUT2D eigenvalue weighted by Gasteiger charge is -2.19. The van der Waals surface area contributed by atoms with Crippen LogP contribution in [-0.2, 0) is 11.8 Å². The summed E-state index contributed by atoms with van der Waals surface area (Å²) in [4.78, 5) is 14.3. The van der Waals surface area contributed by atoms with Crippen LogP contribution in [0.4, 0.5) is 0 Å². The number of amides is 1. The molecule has 1 aliphatic rings. The normalized spacial score (nSPS) is 15.6. The second kappa shape index (κ2) is 9.24. The molecule has 0 saturated heterocycles. The molecule has 0 fully saturated rings. The number of rotatable bonds is 7. The van der Waals surface area contributed by atoms with Gasteiger partial charge in [0.25, 0.3) is 5.91 Å². The van der Waals surface area contributed by atoms with Gasteiger partial charge in [0.1, 0.15) is 17.6 Å². The van der Waals surface area contributed by atoms with Crippen molar-refractivity contribution >= 4 is 34.7 Å². The number of carbonyl (C=O) groups excluding carboxylic acids is 1. The molecule has 0 radical (unpaired) electrons. The molecule has 1 aromatic carbocycles. The van der Waals surface area contributed by atoms with Gasteiger partial charge in [-0.05, 0) is 35.7 Å². The molecule has 0 bridgehead atoms. The van der Waals surface area contributed by atoms with Crippen molar-refractivity contribution in [3.63, 3.8) is 0 Å². The quantitative estimate of drug-likeness (QED) is 0.360. The first kappa shape index (κ1) is 21.5. The van der Waals surface area contributed by atoms with Gasteiger partial charge in [0.15, 0.2) is 11.0 Å². The number of furan rings is 1. The number of hydrogen-bond acceptors (Lipinski definition) is 8. The molecule has 1 unspecified atom stereocenters. The fourth-order valence-corrected chi connectivity index (χ4v) is 5.22. The van der Waals surface area contributed by atoms with Gasteiger partial charge in [0, 0.05) is 13.5 Å². The van der Waals surface area contributed by atoms with Gasteiger partial charge < -0.3 is 13.7 Å². The van der Waals surface area contributed by atoms with Gasteiger partial charge in [-0.25, -0.2) is 5.01 Å². The summed E-state index contributed by atoms with van der Waals surface area (Å²) < 4.78 is 12.9. The number of hydrogen-bond donors (Lipinski definition) is 0. The van der Waals surface area contributed by atoms with Crippen molar-refractivity contribution in [3.8, 4) is 17.1 Å². The van der Waals surface area contributed by atoms with Crippen LogP contribution in [0.2, 0.25) is 0 Å². The molecule has 4 aromatic rings. The number of benzene rings is 1. The first-order valence-electron chi connectivity index (χ1n) is 10.3. The molecule has 0 aliphatic carbocycles. The van der Waals surface area contributed by atoms with E-state index in [9.17, 15) is 4.79 Å². The van der Waals surface area contributed by atoms with Gasteiger partial charge in [-0.15, -0.1) is 21.5 Å². The Hall–Kier alpha value is -3.37. The van der Waals surface area contributed by atoms with E-state index in [-0.39, 0.29) is 17.7 Å². The third kappa shape index (κ3) is 4.19. The molecule has 4 heterocycles. The van der Waals surface area contributed by atoms with Crippen molar-refractivity contribution in [3.05, 3.63) is 70.8 Å². The summed E-state index contributed by atoms with van der Waals surface area (Å²) >= 11 is 2.94. The maximum absolute atomic E-state index is 13.2. The van der Waals surface area contributed by atoms with Crippen LogP contribution in [0.1, 0.15) is 23.1 Å². The highest BCUT2D eigenvalue weighted by Crippen LogP contribution is 2.35. The van der Waals surface area contributed by atoms with Crippen LogP contribution in [0.15, 0.2) is 74.8 Å². The van der Waals surface area contributed by atoms with Crippen molar-refractivity contribution in [2.75, 3.05) is 12.9 Å². The molecular weight excluding hydrogens is 458 g/mol. The van der Waals surface area contributed by atoms with Gasteiger partial charge in [-0.3, -0.25) is 4.79 Å². The van der Waals surface area contributed by atoms with Crippen molar-refractivity contribution in [1.29, 1.82) is 0 Å². The van der Waals surface area contributed by atoms with E-state index in [1.807, 2.05) is 65.5 Å². The maximum Gasteiger partial charge on any atom is 0.253 e. The summed E-state index contributed by atoms with van der Waals surface area (Å²) in [6, 6.07) is 15.1. The highest BCUT2D eigenvalue weighted by molar-refractivity contribution is 7.99. The van der Waals surface area contributed by atoms with Gasteiger partial charge in [-0.2, -0.15) is 5.10 Å². The van der Waals surface area contributed by atoms with Crippen molar-refractivity contribution in [2.24, 2.45) is 12.1 Å². The van der Waals surface area contributed by atoms with Crippen LogP contribution in [-0.4, -0.2) is 44.3 Å². The molecule has 1 aliphatic heterocycles. The van der Waals surface area contributed by atoms with Crippen LogP contribution in [0, 0.1) is 0 Å². The molecule has 8 nitrogen and oxygen atoms in total. The number of thiophene rings is 1. The summed E-state index contributed by atoms with van der Waals surface area (Å²) in [5.41, 5.74) is 1.73. The third-order valence-corrected chi connectivity index (χ3v) is 7.27. The number of nitrogens with zero attached hydrogens (tertiary/aromatic N) is 5. The monoisotopic (exact) mass is 479 g/mol. The van der Waals surface area contributed by atoms with E-state index in [1.165, 1.54) is 11.8 Å². The fraction of sp³-hybridized carbons (Fsp3) is 0.217. The lowest BCUT2D eigenvalue weighted by Crippen LogP contribution is -2.28. The summed E-state index contributed by atoms with van der Waals surface area (Å²) in [5.74, 6) is 2.18. The van der Waals surface area contributed by atoms with Crippen molar-refractivity contribution in [2.45, 2.75) is 17.6 Å². The molecule has 1 atom stereocenters. The largest absolute Gasteiger partial charge is 0.496 e. The predicted octanol–water partition coefficient (Wildman–Crippen LogP) is 4.62. The molecule has 3 aromatic heterocycles. The maximum atomic E-state index is 13.2. The second-order valence-corrected chi connectivity index (χ2v) is 9.24. The Morgan fingerprint density at radius 2 is 2.09 bits per heavy atom. The Morgan fingerprint density at radius 3 is 2.85 bits per heavy atom. The Balaban J connectivity index is 1.34. The summed E-state index contributed by atoms with van der Waals surface area (Å²) in [6.45, 7) is 0. The average Bonchev–Trinajstić information content (AvgIpc) is 3.64. The molecule has 0 N–H and O–H groups in total. The van der Waals surface area contributed by atoms with Crippen molar-refractivity contribution < 1.29 is 13.9 Å². The lowest BCUT2D eigenvalue weighted by atomic mass is 10.1. The van der Waals surface area contributed by atoms with Crippen LogP contribution < -0.4 is 4.74 Å². The molecule has 1 amide bonds. The molecule has 168 valence electrons. The number of hydrazone groups is 1. The Bertz CT molecular complexity index is 1280. The van der Waals surface area contributed by atoms with Gasteiger partial charge in [0.2, 0.25) is 0 Å². The minimum absolute atomic E-state index is 0.116. The third-order valence-electron chi connectivity index (χ3n) is 5.35. The van der Waals surface area contributed by atoms with E-state index in [2.05, 4.69) is 15.3 Å². The highest BCUT2D eigenvalue weighted by atomic mass is 32.2. The van der Waals surface area contributed by atoms with Crippen LogP contribution in [0.25, 0.3) is 11.4 Å². The molecule has 33 heavy (non-hydrogen) atoms. The number of ether oxygens (including phenoxy) is 1. The van der Waals surface area contributed by atoms with E-state index in [0.29, 0.717) is 17.4 Å². The van der Waals surface area contributed by atoms with Crippen LogP contribution in [0.5, 0.6) is 5.75 Å². The van der Waals surface area contributed by atoms with E-state index < -0.39 is 0 Å². The van der Waals surface area contributed by atoms with E-state index in [0.717, 1.165) is 27.7 Å².